The molecule has 0 bridgehead atoms. The van der Waals surface area contributed by atoms with Crippen molar-refractivity contribution in [2.75, 3.05) is 49.2 Å². The molecule has 2 aliphatic rings. The number of nitrogens with one attached hydrogen (secondary N) is 1. The number of piperazine rings is 1. The summed E-state index contributed by atoms with van der Waals surface area (Å²) < 4.78 is 56.9. The van der Waals surface area contributed by atoms with Crippen LogP contribution in [0.5, 0.6) is 5.75 Å². The zero-order valence-corrected chi connectivity index (χ0v) is 31.4. The van der Waals surface area contributed by atoms with Crippen LogP contribution in [0.3, 0.4) is 0 Å². The van der Waals surface area contributed by atoms with Crippen LogP contribution in [0.4, 0.5) is 20.2 Å². The molecule has 2 fully saturated rings. The molecule has 3 N–H and O–H groups in total. The second kappa shape index (κ2) is 16.0. The minimum atomic E-state index is -4.48. The van der Waals surface area contributed by atoms with Crippen LogP contribution in [0.1, 0.15) is 38.3 Å². The lowest BCUT2D eigenvalue weighted by atomic mass is 9.87. The van der Waals surface area contributed by atoms with Crippen molar-refractivity contribution in [2.45, 2.75) is 50.9 Å². The molecule has 4 heterocycles. The summed E-state index contributed by atoms with van der Waals surface area (Å²) in [4.78, 5) is 40.5. The van der Waals surface area contributed by atoms with Crippen molar-refractivity contribution < 1.29 is 32.6 Å². The lowest BCUT2D eigenvalue weighted by molar-refractivity contribution is -0.0206. The maximum atomic E-state index is 15.0. The van der Waals surface area contributed by atoms with Crippen molar-refractivity contribution in [3.05, 3.63) is 113 Å². The lowest BCUT2D eigenvalue weighted by Crippen LogP contribution is -2.46. The van der Waals surface area contributed by atoms with Gasteiger partial charge in [-0.1, -0.05) is 13.0 Å². The molecule has 0 aliphatic carbocycles. The van der Waals surface area contributed by atoms with Crippen LogP contribution in [0, 0.1) is 17.6 Å². The maximum Gasteiger partial charge on any atom is 0.400 e. The van der Waals surface area contributed by atoms with Crippen LogP contribution in [0.25, 0.3) is 5.69 Å². The predicted octanol–water partition coefficient (Wildman–Crippen LogP) is 4.26. The van der Waals surface area contributed by atoms with E-state index in [1.165, 1.54) is 34.0 Å². The molecule has 4 atom stereocenters. The fraction of sp³-hybridized carbons (Fsp3) is 0.405. The summed E-state index contributed by atoms with van der Waals surface area (Å²) in [6.45, 7) is 7.60. The molecule has 0 saturated carbocycles. The number of hydrogen-bond donors (Lipinski definition) is 3. The van der Waals surface area contributed by atoms with Gasteiger partial charge in [-0.3, -0.25) is 0 Å². The summed E-state index contributed by atoms with van der Waals surface area (Å²) in [6, 6.07) is 18.0. The predicted molar refractivity (Wildman–Crippen MR) is 200 cm³/mol. The van der Waals surface area contributed by atoms with Crippen LogP contribution in [0.2, 0.25) is 0 Å². The standard InChI is InChI=1S/C37H44F2N9O6P/c1-3-35(26(2)43-55(50,51)52)48-36(49)47(25-42-48)31-7-5-29(6-8-31)44-14-16-45(17-15-44)30-9-11-32(12-10-30)53-20-27-19-37(54-21-27,22-46-24-40-23-41-46)33-13-4-28(38)18-34(33)39/h4-13,18,23-27,35H,3,14-17,19-22H2,1-2H3,(H3,43,50,51,52)/t26-,27+,35-,37-/m0/s1. The first-order valence-corrected chi connectivity index (χ1v) is 19.8. The second-order valence-corrected chi connectivity index (χ2v) is 15.4. The summed E-state index contributed by atoms with van der Waals surface area (Å²) in [5, 5.41) is 10.7. The molecule has 55 heavy (non-hydrogen) atoms. The first kappa shape index (κ1) is 38.3. The number of anilines is 2. The van der Waals surface area contributed by atoms with Gasteiger partial charge in [0, 0.05) is 61.1 Å². The maximum absolute atomic E-state index is 15.0. The SMILES string of the molecule is CC[C@@H]([C@H](C)NP(=O)(O)O)n1ncn(-c2ccc(N3CCN(c4ccc(OC[C@@H]5CO[C@@](Cn6cncn6)(c6ccc(F)cc6F)C5)cc4)CC3)cc2)c1=O. The third-order valence-corrected chi connectivity index (χ3v) is 11.1. The van der Waals surface area contributed by atoms with Gasteiger partial charge >= 0.3 is 13.4 Å². The highest BCUT2D eigenvalue weighted by Crippen LogP contribution is 2.42. The molecule has 0 amide bonds. The Kier molecular flexibility index (Phi) is 11.2. The molecule has 2 aromatic heterocycles. The average molecular weight is 780 g/mol. The largest absolute Gasteiger partial charge is 0.493 e. The summed E-state index contributed by atoms with van der Waals surface area (Å²) in [6.07, 6.45) is 5.29. The third kappa shape index (κ3) is 8.66. The number of halogens is 2. The van der Waals surface area contributed by atoms with Gasteiger partial charge in [-0.05, 0) is 74.4 Å². The van der Waals surface area contributed by atoms with Gasteiger partial charge in [0.1, 0.15) is 42.0 Å². The van der Waals surface area contributed by atoms with Gasteiger partial charge in [0.05, 0.1) is 31.5 Å². The molecular weight excluding hydrogens is 735 g/mol. The van der Waals surface area contributed by atoms with Gasteiger partial charge in [0.15, 0.2) is 0 Å². The van der Waals surface area contributed by atoms with Gasteiger partial charge in [-0.15, -0.1) is 0 Å². The van der Waals surface area contributed by atoms with E-state index in [1.54, 1.807) is 17.9 Å². The lowest BCUT2D eigenvalue weighted by Gasteiger charge is -2.37. The Bertz CT molecular complexity index is 2150. The van der Waals surface area contributed by atoms with E-state index in [0.29, 0.717) is 37.5 Å². The molecule has 2 aliphatic heterocycles. The van der Waals surface area contributed by atoms with Crippen molar-refractivity contribution in [1.29, 1.82) is 0 Å². The highest BCUT2D eigenvalue weighted by atomic mass is 31.2. The minimum absolute atomic E-state index is 0.0314. The molecule has 0 radical (unpaired) electrons. The summed E-state index contributed by atoms with van der Waals surface area (Å²) in [7, 11) is -4.48. The summed E-state index contributed by atoms with van der Waals surface area (Å²) in [5.41, 5.74) is 1.60. The van der Waals surface area contributed by atoms with Crippen molar-refractivity contribution in [3.63, 3.8) is 0 Å². The van der Waals surface area contributed by atoms with E-state index in [2.05, 4.69) is 30.1 Å². The monoisotopic (exact) mass is 779 g/mol. The van der Waals surface area contributed by atoms with Crippen LogP contribution in [0.15, 0.2) is 90.5 Å². The topological polar surface area (TPSA) is 165 Å². The summed E-state index contributed by atoms with van der Waals surface area (Å²) >= 11 is 0. The first-order chi connectivity index (χ1) is 26.4. The van der Waals surface area contributed by atoms with E-state index < -0.39 is 42.8 Å². The van der Waals surface area contributed by atoms with Gasteiger partial charge in [0.25, 0.3) is 0 Å². The molecular formula is C37H44F2N9O6P. The number of benzene rings is 3. The van der Waals surface area contributed by atoms with E-state index in [-0.39, 0.29) is 18.0 Å². The van der Waals surface area contributed by atoms with E-state index in [1.807, 2.05) is 55.5 Å². The third-order valence-electron chi connectivity index (χ3n) is 10.4. The molecule has 15 nitrogen and oxygen atoms in total. The Hall–Kier alpha value is -4.93. The van der Waals surface area contributed by atoms with Crippen LogP contribution < -0.4 is 25.3 Å². The van der Waals surface area contributed by atoms with E-state index in [4.69, 9.17) is 9.47 Å². The summed E-state index contributed by atoms with van der Waals surface area (Å²) in [5.74, 6) is -0.627. The van der Waals surface area contributed by atoms with Gasteiger partial charge in [-0.25, -0.2) is 42.1 Å². The van der Waals surface area contributed by atoms with Crippen LogP contribution >= 0.6 is 7.75 Å². The van der Waals surface area contributed by atoms with Crippen molar-refractivity contribution in [1.82, 2.24) is 34.2 Å². The number of aromatic nitrogens is 6. The smallest absolute Gasteiger partial charge is 0.400 e. The Balaban J connectivity index is 0.918. The molecule has 18 heteroatoms. The molecule has 0 unspecified atom stereocenters. The first-order valence-electron chi connectivity index (χ1n) is 18.2. The normalized spacial score (nSPS) is 20.1. The van der Waals surface area contributed by atoms with E-state index in [9.17, 15) is 27.9 Å². The van der Waals surface area contributed by atoms with Crippen molar-refractivity contribution >= 4 is 19.1 Å². The zero-order chi connectivity index (χ0) is 38.7. The Morgan fingerprint density at radius 1 is 0.964 bits per heavy atom. The number of rotatable bonds is 14. The highest BCUT2D eigenvalue weighted by molar-refractivity contribution is 7.49. The molecule has 5 aromatic rings. The minimum Gasteiger partial charge on any atom is -0.493 e. The fourth-order valence-electron chi connectivity index (χ4n) is 7.61. The number of hydrogen-bond acceptors (Lipinski definition) is 9. The number of nitrogens with zero attached hydrogens (tertiary/aromatic N) is 8. The van der Waals surface area contributed by atoms with Crippen LogP contribution in [-0.2, 0) is 21.4 Å². The van der Waals surface area contributed by atoms with Gasteiger partial charge < -0.3 is 29.1 Å². The Morgan fingerprint density at radius 2 is 1.62 bits per heavy atom. The van der Waals surface area contributed by atoms with Gasteiger partial charge in [0.2, 0.25) is 0 Å². The molecule has 292 valence electrons. The molecule has 0 spiro atoms. The Morgan fingerprint density at radius 3 is 2.22 bits per heavy atom. The molecule has 7 rings (SSSR count). The average Bonchev–Trinajstić information content (AvgIpc) is 3.92. The van der Waals surface area contributed by atoms with E-state index in [0.717, 1.165) is 43.6 Å². The second-order valence-electron chi connectivity index (χ2n) is 14.1. The quantitative estimate of drug-likeness (QED) is 0.138. The number of ether oxygens (including phenoxy) is 2. The molecule has 2 saturated heterocycles. The Labute approximate surface area is 316 Å². The van der Waals surface area contributed by atoms with Crippen LogP contribution in [-0.4, -0.2) is 84.3 Å². The zero-order valence-electron chi connectivity index (χ0n) is 30.5. The molecule has 3 aromatic carbocycles. The highest BCUT2D eigenvalue weighted by Gasteiger charge is 2.44. The fourth-order valence-corrected chi connectivity index (χ4v) is 8.31. The van der Waals surface area contributed by atoms with E-state index >= 15 is 0 Å². The van der Waals surface area contributed by atoms with Crippen molar-refractivity contribution in [2.24, 2.45) is 5.92 Å². The van der Waals surface area contributed by atoms with Crippen molar-refractivity contribution in [3.8, 4) is 11.4 Å². The van der Waals surface area contributed by atoms with Gasteiger partial charge in [-0.2, -0.15) is 10.2 Å².